The molecular formula is C11H19N3S. The molecule has 0 saturated heterocycles. The molecule has 2 atom stereocenters. The normalized spacial score (nSPS) is 26.7. The zero-order valence-corrected chi connectivity index (χ0v) is 9.80. The minimum atomic E-state index is 0.439. The first-order chi connectivity index (χ1) is 7.34. The van der Waals surface area contributed by atoms with Crippen LogP contribution in [0.25, 0.3) is 0 Å². The predicted octanol–water partition coefficient (Wildman–Crippen LogP) is 1.75. The summed E-state index contributed by atoms with van der Waals surface area (Å²) in [5.41, 5.74) is 7.84. The predicted molar refractivity (Wildman–Crippen MR) is 63.8 cm³/mol. The Hall–Kier alpha value is -0.450. The summed E-state index contributed by atoms with van der Waals surface area (Å²) in [6.07, 6.45) is 6.97. The third kappa shape index (κ3) is 3.55. The summed E-state index contributed by atoms with van der Waals surface area (Å²) in [7, 11) is 0. The zero-order chi connectivity index (χ0) is 10.5. The maximum absolute atomic E-state index is 5.96. The van der Waals surface area contributed by atoms with E-state index in [1.807, 2.05) is 11.7 Å². The van der Waals surface area contributed by atoms with Crippen LogP contribution in [0.2, 0.25) is 0 Å². The average Bonchev–Trinajstić information content (AvgIpc) is 2.71. The average molecular weight is 225 g/mol. The van der Waals surface area contributed by atoms with Crippen LogP contribution in [0.5, 0.6) is 0 Å². The molecule has 1 fully saturated rings. The Labute approximate surface area is 95.1 Å². The lowest BCUT2D eigenvalue weighted by Crippen LogP contribution is -2.33. The van der Waals surface area contributed by atoms with Gasteiger partial charge in [-0.05, 0) is 31.7 Å². The number of nitrogens with zero attached hydrogens (tertiary/aromatic N) is 1. The van der Waals surface area contributed by atoms with E-state index in [0.29, 0.717) is 6.04 Å². The van der Waals surface area contributed by atoms with Crippen LogP contribution in [-0.2, 0) is 6.54 Å². The Morgan fingerprint density at radius 2 is 2.47 bits per heavy atom. The van der Waals surface area contributed by atoms with Crippen LogP contribution >= 0.6 is 11.3 Å². The molecule has 1 aliphatic rings. The van der Waals surface area contributed by atoms with Gasteiger partial charge in [0.05, 0.1) is 5.51 Å². The summed E-state index contributed by atoms with van der Waals surface area (Å²) in [6, 6.07) is 0.439. The van der Waals surface area contributed by atoms with Gasteiger partial charge in [-0.25, -0.2) is 0 Å². The molecule has 1 aromatic heterocycles. The van der Waals surface area contributed by atoms with Crippen molar-refractivity contribution in [1.29, 1.82) is 0 Å². The summed E-state index contributed by atoms with van der Waals surface area (Å²) in [5, 5.41) is 3.49. The monoisotopic (exact) mass is 225 g/mol. The fourth-order valence-corrected chi connectivity index (χ4v) is 2.81. The molecule has 2 unspecified atom stereocenters. The van der Waals surface area contributed by atoms with E-state index < -0.39 is 0 Å². The lowest BCUT2D eigenvalue weighted by atomic mass is 9.86. The number of hydrogen-bond acceptors (Lipinski definition) is 4. The highest BCUT2D eigenvalue weighted by molar-refractivity contribution is 7.09. The molecule has 0 amide bonds. The van der Waals surface area contributed by atoms with Crippen molar-refractivity contribution >= 4 is 11.3 Å². The second-order valence-electron chi connectivity index (χ2n) is 4.39. The van der Waals surface area contributed by atoms with E-state index in [2.05, 4.69) is 10.3 Å². The van der Waals surface area contributed by atoms with Crippen molar-refractivity contribution in [2.24, 2.45) is 11.7 Å². The van der Waals surface area contributed by atoms with Gasteiger partial charge in [-0.2, -0.15) is 0 Å². The highest BCUT2D eigenvalue weighted by Crippen LogP contribution is 2.22. The fraction of sp³-hybridized carbons (Fsp3) is 0.727. The lowest BCUT2D eigenvalue weighted by molar-refractivity contribution is 0.310. The Kier molecular flexibility index (Phi) is 4.11. The molecule has 0 bridgehead atoms. The maximum atomic E-state index is 5.96. The van der Waals surface area contributed by atoms with Gasteiger partial charge in [-0.15, -0.1) is 11.3 Å². The topological polar surface area (TPSA) is 50.9 Å². The van der Waals surface area contributed by atoms with Crippen LogP contribution in [-0.4, -0.2) is 17.6 Å². The highest BCUT2D eigenvalue weighted by Gasteiger charge is 2.18. The van der Waals surface area contributed by atoms with Gasteiger partial charge < -0.3 is 11.1 Å². The molecule has 1 aromatic rings. The van der Waals surface area contributed by atoms with Gasteiger partial charge in [0.1, 0.15) is 0 Å². The molecule has 2 rings (SSSR count). The third-order valence-corrected chi connectivity index (χ3v) is 3.82. The molecule has 1 aliphatic carbocycles. The van der Waals surface area contributed by atoms with Gasteiger partial charge >= 0.3 is 0 Å². The number of aromatic nitrogens is 1. The van der Waals surface area contributed by atoms with Gasteiger partial charge in [0.25, 0.3) is 0 Å². The first-order valence-corrected chi connectivity index (χ1v) is 6.56. The zero-order valence-electron chi connectivity index (χ0n) is 8.98. The lowest BCUT2D eigenvalue weighted by Gasteiger charge is -2.26. The Bertz CT molecular complexity index is 273. The number of rotatable bonds is 4. The van der Waals surface area contributed by atoms with Crippen LogP contribution < -0.4 is 11.1 Å². The molecule has 3 N–H and O–H groups in total. The van der Waals surface area contributed by atoms with Crippen molar-refractivity contribution in [2.45, 2.75) is 38.3 Å². The van der Waals surface area contributed by atoms with Crippen molar-refractivity contribution in [2.75, 3.05) is 6.54 Å². The largest absolute Gasteiger partial charge is 0.328 e. The van der Waals surface area contributed by atoms with Crippen LogP contribution in [0.15, 0.2) is 11.7 Å². The first kappa shape index (κ1) is 11.0. The fourth-order valence-electron chi connectivity index (χ4n) is 2.25. The van der Waals surface area contributed by atoms with Gasteiger partial charge in [0, 0.05) is 23.7 Å². The first-order valence-electron chi connectivity index (χ1n) is 5.68. The van der Waals surface area contributed by atoms with E-state index in [1.54, 1.807) is 11.3 Å². The minimum absolute atomic E-state index is 0.439. The van der Waals surface area contributed by atoms with E-state index in [1.165, 1.54) is 30.6 Å². The Balaban J connectivity index is 1.65. The maximum Gasteiger partial charge on any atom is 0.0794 e. The standard InChI is InChI=1S/C11H19N3S/c12-10-3-1-2-9(4-10)5-13-6-11-7-14-8-15-11/h7-10,13H,1-6,12H2. The second-order valence-corrected chi connectivity index (χ2v) is 5.36. The van der Waals surface area contributed by atoms with Gasteiger partial charge in [-0.1, -0.05) is 6.42 Å². The molecule has 0 radical (unpaired) electrons. The number of nitrogens with one attached hydrogen (secondary N) is 1. The van der Waals surface area contributed by atoms with E-state index in [0.717, 1.165) is 19.0 Å². The van der Waals surface area contributed by atoms with E-state index in [4.69, 9.17) is 5.73 Å². The van der Waals surface area contributed by atoms with E-state index in [-0.39, 0.29) is 0 Å². The molecule has 4 heteroatoms. The number of thiazole rings is 1. The van der Waals surface area contributed by atoms with Gasteiger partial charge in [-0.3, -0.25) is 4.98 Å². The molecule has 1 saturated carbocycles. The number of nitrogens with two attached hydrogens (primary N) is 1. The van der Waals surface area contributed by atoms with Crippen LogP contribution in [0.1, 0.15) is 30.6 Å². The molecule has 0 spiro atoms. The quantitative estimate of drug-likeness (QED) is 0.821. The van der Waals surface area contributed by atoms with Crippen LogP contribution in [0.4, 0.5) is 0 Å². The smallest absolute Gasteiger partial charge is 0.0794 e. The molecule has 15 heavy (non-hydrogen) atoms. The molecule has 84 valence electrons. The molecular weight excluding hydrogens is 206 g/mol. The van der Waals surface area contributed by atoms with Crippen molar-refractivity contribution < 1.29 is 0 Å². The minimum Gasteiger partial charge on any atom is -0.328 e. The highest BCUT2D eigenvalue weighted by atomic mass is 32.1. The Morgan fingerprint density at radius 1 is 1.53 bits per heavy atom. The van der Waals surface area contributed by atoms with Crippen molar-refractivity contribution in [3.8, 4) is 0 Å². The summed E-state index contributed by atoms with van der Waals surface area (Å²) < 4.78 is 0. The Morgan fingerprint density at radius 3 is 3.20 bits per heavy atom. The summed E-state index contributed by atoms with van der Waals surface area (Å²) in [6.45, 7) is 2.06. The van der Waals surface area contributed by atoms with Crippen molar-refractivity contribution in [3.05, 3.63) is 16.6 Å². The van der Waals surface area contributed by atoms with E-state index >= 15 is 0 Å². The molecule has 0 aromatic carbocycles. The summed E-state index contributed by atoms with van der Waals surface area (Å²) in [5.74, 6) is 0.779. The van der Waals surface area contributed by atoms with E-state index in [9.17, 15) is 0 Å². The number of hydrogen-bond donors (Lipinski definition) is 2. The molecule has 1 heterocycles. The van der Waals surface area contributed by atoms with Crippen LogP contribution in [0, 0.1) is 5.92 Å². The van der Waals surface area contributed by atoms with Crippen LogP contribution in [0.3, 0.4) is 0 Å². The van der Waals surface area contributed by atoms with Crippen molar-refractivity contribution in [1.82, 2.24) is 10.3 Å². The summed E-state index contributed by atoms with van der Waals surface area (Å²) in [4.78, 5) is 5.37. The van der Waals surface area contributed by atoms with Gasteiger partial charge in [0.15, 0.2) is 0 Å². The molecule has 0 aliphatic heterocycles. The SMILES string of the molecule is NC1CCCC(CNCc2cncs2)C1. The van der Waals surface area contributed by atoms with Crippen molar-refractivity contribution in [3.63, 3.8) is 0 Å². The summed E-state index contributed by atoms with van der Waals surface area (Å²) >= 11 is 1.71. The molecule has 3 nitrogen and oxygen atoms in total. The third-order valence-electron chi connectivity index (χ3n) is 3.04. The van der Waals surface area contributed by atoms with Gasteiger partial charge in [0.2, 0.25) is 0 Å². The second kappa shape index (κ2) is 5.58.